The molecule has 20 heavy (non-hydrogen) atoms. The lowest BCUT2D eigenvalue weighted by molar-refractivity contribution is -0.120. The van der Waals surface area contributed by atoms with E-state index in [4.69, 9.17) is 5.73 Å². The van der Waals surface area contributed by atoms with E-state index in [0.717, 1.165) is 0 Å². The number of benzene rings is 1. The summed E-state index contributed by atoms with van der Waals surface area (Å²) in [7, 11) is 0. The van der Waals surface area contributed by atoms with Gasteiger partial charge in [-0.2, -0.15) is 0 Å². The number of hydrogen-bond donors (Lipinski definition) is 4. The highest BCUT2D eigenvalue weighted by Gasteiger charge is 2.34. The van der Waals surface area contributed by atoms with Gasteiger partial charge in [0.2, 0.25) is 5.91 Å². The van der Waals surface area contributed by atoms with Crippen molar-refractivity contribution in [3.8, 4) is 0 Å². The van der Waals surface area contributed by atoms with Gasteiger partial charge in [-0.3, -0.25) is 9.69 Å². The number of likely N-dealkylation sites (tertiary alicyclic amines) is 1. The van der Waals surface area contributed by atoms with Crippen LogP contribution in [0.3, 0.4) is 0 Å². The van der Waals surface area contributed by atoms with E-state index < -0.39 is 30.0 Å². The molecule has 0 saturated carbocycles. The number of nitrogens with two attached hydrogens (primary N) is 1. The molecular formula is C13H18FN3O3. The van der Waals surface area contributed by atoms with Gasteiger partial charge in [-0.05, 0) is 25.1 Å². The lowest BCUT2D eigenvalue weighted by Crippen LogP contribution is -2.41. The van der Waals surface area contributed by atoms with Gasteiger partial charge in [0.15, 0.2) is 0 Å². The number of nitrogens with zero attached hydrogens (tertiary/aromatic N) is 1. The Morgan fingerprint density at radius 2 is 2.05 bits per heavy atom. The molecule has 1 aromatic rings. The Labute approximate surface area is 116 Å². The van der Waals surface area contributed by atoms with Crippen molar-refractivity contribution in [2.24, 2.45) is 0 Å². The largest absolute Gasteiger partial charge is 0.399 e. The van der Waals surface area contributed by atoms with E-state index in [9.17, 15) is 19.4 Å². The third-order valence-electron chi connectivity index (χ3n) is 3.46. The summed E-state index contributed by atoms with van der Waals surface area (Å²) in [4.78, 5) is 13.7. The van der Waals surface area contributed by atoms with Crippen molar-refractivity contribution < 1.29 is 19.4 Å². The van der Waals surface area contributed by atoms with Crippen molar-refractivity contribution in [2.45, 2.75) is 25.2 Å². The van der Waals surface area contributed by atoms with Crippen LogP contribution < -0.4 is 11.1 Å². The second kappa shape index (κ2) is 5.74. The number of nitrogens with one attached hydrogen (secondary N) is 1. The number of halogens is 1. The molecule has 1 fully saturated rings. The van der Waals surface area contributed by atoms with Gasteiger partial charge in [-0.1, -0.05) is 0 Å². The Morgan fingerprint density at radius 1 is 1.45 bits per heavy atom. The van der Waals surface area contributed by atoms with Crippen molar-refractivity contribution in [1.29, 1.82) is 0 Å². The molecule has 0 aliphatic carbocycles. The average Bonchev–Trinajstić information content (AvgIpc) is 2.73. The highest BCUT2D eigenvalue weighted by Crippen LogP contribution is 2.19. The maximum absolute atomic E-state index is 13.5. The standard InChI is InChI=1S/C13H18FN3O3/c1-7(17-5-11(18)12(19)6-17)13(20)16-10-4-8(15)2-3-9(10)14/h2-4,7,11-12,18-19H,5-6,15H2,1H3,(H,16,20). The average molecular weight is 283 g/mol. The molecule has 110 valence electrons. The molecule has 3 unspecified atom stereocenters. The molecule has 1 aliphatic rings. The van der Waals surface area contributed by atoms with Gasteiger partial charge < -0.3 is 21.3 Å². The van der Waals surface area contributed by atoms with Crippen LogP contribution in [0.1, 0.15) is 6.92 Å². The first kappa shape index (κ1) is 14.7. The van der Waals surface area contributed by atoms with Crippen LogP contribution in [0.2, 0.25) is 0 Å². The van der Waals surface area contributed by atoms with Crippen LogP contribution in [-0.2, 0) is 4.79 Å². The van der Waals surface area contributed by atoms with Gasteiger partial charge in [0.05, 0.1) is 23.9 Å². The zero-order valence-electron chi connectivity index (χ0n) is 11.1. The Kier molecular flexibility index (Phi) is 4.22. The SMILES string of the molecule is CC(C(=O)Nc1cc(N)ccc1F)N1CC(O)C(O)C1. The van der Waals surface area contributed by atoms with E-state index >= 15 is 0 Å². The highest BCUT2D eigenvalue weighted by molar-refractivity contribution is 5.95. The fourth-order valence-electron chi connectivity index (χ4n) is 2.16. The summed E-state index contributed by atoms with van der Waals surface area (Å²) in [6.45, 7) is 2.04. The summed E-state index contributed by atoms with van der Waals surface area (Å²) in [5.74, 6) is -0.989. The van der Waals surface area contributed by atoms with Gasteiger partial charge in [0.1, 0.15) is 5.82 Å². The number of carbonyl (C=O) groups excluding carboxylic acids is 1. The Bertz CT molecular complexity index is 502. The molecule has 1 heterocycles. The monoisotopic (exact) mass is 283 g/mol. The number of β-amino-alcohol motifs (C(OH)–C–C–N with tert-alkyl or cyclic N) is 2. The molecule has 6 nitrogen and oxygen atoms in total. The molecule has 1 amide bonds. The van der Waals surface area contributed by atoms with E-state index in [-0.39, 0.29) is 18.8 Å². The maximum Gasteiger partial charge on any atom is 0.241 e. The van der Waals surface area contributed by atoms with Crippen LogP contribution >= 0.6 is 0 Å². The molecule has 0 radical (unpaired) electrons. The predicted octanol–water partition coefficient (Wildman–Crippen LogP) is -0.228. The van der Waals surface area contributed by atoms with E-state index in [0.29, 0.717) is 5.69 Å². The summed E-state index contributed by atoms with van der Waals surface area (Å²) in [5.41, 5.74) is 5.91. The third kappa shape index (κ3) is 3.06. The first-order valence-corrected chi connectivity index (χ1v) is 6.34. The molecule has 1 saturated heterocycles. The van der Waals surface area contributed by atoms with E-state index in [2.05, 4.69) is 5.32 Å². The van der Waals surface area contributed by atoms with E-state index in [1.54, 1.807) is 11.8 Å². The van der Waals surface area contributed by atoms with Crippen molar-refractivity contribution in [2.75, 3.05) is 24.1 Å². The van der Waals surface area contributed by atoms with Crippen molar-refractivity contribution in [3.63, 3.8) is 0 Å². The molecule has 0 spiro atoms. The van der Waals surface area contributed by atoms with Crippen molar-refractivity contribution in [1.82, 2.24) is 4.90 Å². The summed E-state index contributed by atoms with van der Waals surface area (Å²) in [6.07, 6.45) is -1.73. The minimum absolute atomic E-state index is 0.0159. The lowest BCUT2D eigenvalue weighted by Gasteiger charge is -2.22. The molecule has 1 aliphatic heterocycles. The number of nitrogen functional groups attached to an aromatic ring is 1. The number of rotatable bonds is 3. The fraction of sp³-hybridized carbons (Fsp3) is 0.462. The summed E-state index contributed by atoms with van der Waals surface area (Å²) in [5, 5.41) is 21.4. The predicted molar refractivity (Wildman–Crippen MR) is 72.5 cm³/mol. The molecule has 1 aromatic carbocycles. The number of carbonyl (C=O) groups is 1. The van der Waals surface area contributed by atoms with E-state index in [1.807, 2.05) is 0 Å². The quantitative estimate of drug-likeness (QED) is 0.575. The number of aliphatic hydroxyl groups is 2. The van der Waals surface area contributed by atoms with Crippen LogP contribution in [0.15, 0.2) is 18.2 Å². The molecule has 2 rings (SSSR count). The smallest absolute Gasteiger partial charge is 0.241 e. The maximum atomic E-state index is 13.5. The Morgan fingerprint density at radius 3 is 2.65 bits per heavy atom. The van der Waals surface area contributed by atoms with Gasteiger partial charge in [-0.25, -0.2) is 4.39 Å². The topological polar surface area (TPSA) is 98.8 Å². The fourth-order valence-corrected chi connectivity index (χ4v) is 2.16. The van der Waals surface area contributed by atoms with Crippen LogP contribution in [0.5, 0.6) is 0 Å². The molecule has 7 heteroatoms. The second-order valence-electron chi connectivity index (χ2n) is 4.99. The van der Waals surface area contributed by atoms with E-state index in [1.165, 1.54) is 18.2 Å². The van der Waals surface area contributed by atoms with Gasteiger partial charge in [0, 0.05) is 18.8 Å². The lowest BCUT2D eigenvalue weighted by atomic mass is 10.2. The number of anilines is 2. The van der Waals surface area contributed by atoms with Gasteiger partial charge in [0.25, 0.3) is 0 Å². The van der Waals surface area contributed by atoms with Crippen LogP contribution in [0.25, 0.3) is 0 Å². The summed E-state index contributed by atoms with van der Waals surface area (Å²) >= 11 is 0. The Balaban J connectivity index is 2.03. The summed E-state index contributed by atoms with van der Waals surface area (Å²) in [6, 6.07) is 3.33. The third-order valence-corrected chi connectivity index (χ3v) is 3.46. The first-order chi connectivity index (χ1) is 9.38. The zero-order valence-corrected chi connectivity index (χ0v) is 11.1. The Hall–Kier alpha value is -1.70. The van der Waals surface area contributed by atoms with Crippen molar-refractivity contribution >= 4 is 17.3 Å². The van der Waals surface area contributed by atoms with Gasteiger partial charge in [-0.15, -0.1) is 0 Å². The first-order valence-electron chi connectivity index (χ1n) is 6.34. The molecular weight excluding hydrogens is 265 g/mol. The van der Waals surface area contributed by atoms with Crippen LogP contribution in [-0.4, -0.2) is 52.4 Å². The minimum atomic E-state index is -0.866. The normalized spacial score (nSPS) is 24.6. The number of hydrogen-bond acceptors (Lipinski definition) is 5. The molecule has 0 bridgehead atoms. The summed E-state index contributed by atoms with van der Waals surface area (Å²) < 4.78 is 13.5. The number of amides is 1. The van der Waals surface area contributed by atoms with Crippen LogP contribution in [0.4, 0.5) is 15.8 Å². The molecule has 5 N–H and O–H groups in total. The van der Waals surface area contributed by atoms with Crippen LogP contribution in [0, 0.1) is 5.82 Å². The highest BCUT2D eigenvalue weighted by atomic mass is 19.1. The second-order valence-corrected chi connectivity index (χ2v) is 4.99. The van der Waals surface area contributed by atoms with Crippen molar-refractivity contribution in [3.05, 3.63) is 24.0 Å². The minimum Gasteiger partial charge on any atom is -0.399 e. The molecule has 0 aromatic heterocycles. The molecule has 3 atom stereocenters. The number of aliphatic hydroxyl groups excluding tert-OH is 2. The van der Waals surface area contributed by atoms with Gasteiger partial charge >= 0.3 is 0 Å². The zero-order chi connectivity index (χ0) is 14.9.